The van der Waals surface area contributed by atoms with Crippen molar-refractivity contribution in [2.45, 2.75) is 0 Å². The second kappa shape index (κ2) is 7.05. The van der Waals surface area contributed by atoms with Crippen molar-refractivity contribution in [2.75, 3.05) is 0 Å². The van der Waals surface area contributed by atoms with Gasteiger partial charge in [0, 0.05) is 11.1 Å². The molecule has 0 amide bonds. The quantitative estimate of drug-likeness (QED) is 0.402. The SMILES string of the molecule is O=C(c1ccccc1)c1ccc(OC(=O)c2c(F)cccc2F)cc1. The van der Waals surface area contributed by atoms with Gasteiger partial charge >= 0.3 is 5.97 Å². The van der Waals surface area contributed by atoms with Gasteiger partial charge in [-0.3, -0.25) is 4.79 Å². The number of ether oxygens (including phenoxy) is 1. The van der Waals surface area contributed by atoms with Crippen LogP contribution in [0.1, 0.15) is 26.3 Å². The van der Waals surface area contributed by atoms with Crippen molar-refractivity contribution in [3.8, 4) is 5.75 Å². The van der Waals surface area contributed by atoms with Crippen molar-refractivity contribution in [1.82, 2.24) is 0 Å². The van der Waals surface area contributed by atoms with Crippen LogP contribution in [0.4, 0.5) is 8.78 Å². The van der Waals surface area contributed by atoms with Crippen LogP contribution in [0, 0.1) is 11.6 Å². The van der Waals surface area contributed by atoms with Crippen LogP contribution >= 0.6 is 0 Å². The second-order valence-corrected chi connectivity index (χ2v) is 5.21. The van der Waals surface area contributed by atoms with Crippen molar-refractivity contribution < 1.29 is 23.1 Å². The normalized spacial score (nSPS) is 10.3. The van der Waals surface area contributed by atoms with Gasteiger partial charge in [0.25, 0.3) is 0 Å². The van der Waals surface area contributed by atoms with Crippen molar-refractivity contribution in [2.24, 2.45) is 0 Å². The predicted molar refractivity (Wildman–Crippen MR) is 87.6 cm³/mol. The monoisotopic (exact) mass is 338 g/mol. The average molecular weight is 338 g/mol. The minimum atomic E-state index is -1.14. The first-order valence-electron chi connectivity index (χ1n) is 7.42. The maximum atomic E-state index is 13.6. The summed E-state index contributed by atoms with van der Waals surface area (Å²) >= 11 is 0. The minimum Gasteiger partial charge on any atom is -0.423 e. The van der Waals surface area contributed by atoms with Crippen LogP contribution in [-0.2, 0) is 0 Å². The molecule has 3 nitrogen and oxygen atoms in total. The van der Waals surface area contributed by atoms with Crippen molar-refractivity contribution >= 4 is 11.8 Å². The average Bonchev–Trinajstić information content (AvgIpc) is 2.62. The third-order valence-electron chi connectivity index (χ3n) is 3.53. The number of rotatable bonds is 4. The van der Waals surface area contributed by atoms with Gasteiger partial charge in [0.1, 0.15) is 22.9 Å². The van der Waals surface area contributed by atoms with Crippen molar-refractivity contribution in [3.63, 3.8) is 0 Å². The molecule has 0 aromatic heterocycles. The zero-order chi connectivity index (χ0) is 17.8. The third kappa shape index (κ3) is 3.61. The Morgan fingerprint density at radius 2 is 1.24 bits per heavy atom. The molecule has 0 spiro atoms. The van der Waals surface area contributed by atoms with E-state index in [1.165, 1.54) is 24.3 Å². The van der Waals surface area contributed by atoms with E-state index in [-0.39, 0.29) is 11.5 Å². The Balaban J connectivity index is 1.77. The van der Waals surface area contributed by atoms with E-state index in [0.29, 0.717) is 11.1 Å². The number of benzene rings is 3. The van der Waals surface area contributed by atoms with Gasteiger partial charge < -0.3 is 4.74 Å². The van der Waals surface area contributed by atoms with Gasteiger partial charge in [-0.2, -0.15) is 0 Å². The van der Waals surface area contributed by atoms with E-state index >= 15 is 0 Å². The molecule has 3 aromatic carbocycles. The van der Waals surface area contributed by atoms with E-state index in [4.69, 9.17) is 4.74 Å². The van der Waals surface area contributed by atoms with E-state index in [9.17, 15) is 18.4 Å². The van der Waals surface area contributed by atoms with Crippen LogP contribution in [0.15, 0.2) is 72.8 Å². The molecule has 0 bridgehead atoms. The summed E-state index contributed by atoms with van der Waals surface area (Å²) in [6, 6.07) is 17.6. The molecule has 0 fully saturated rings. The summed E-state index contributed by atoms with van der Waals surface area (Å²) in [5.74, 6) is -3.24. The fourth-order valence-corrected chi connectivity index (χ4v) is 2.28. The largest absolute Gasteiger partial charge is 0.423 e. The number of hydrogen-bond acceptors (Lipinski definition) is 3. The summed E-state index contributed by atoms with van der Waals surface area (Å²) in [7, 11) is 0. The lowest BCUT2D eigenvalue weighted by atomic mass is 10.0. The number of carbonyl (C=O) groups excluding carboxylic acids is 2. The third-order valence-corrected chi connectivity index (χ3v) is 3.53. The molecule has 0 aliphatic carbocycles. The maximum absolute atomic E-state index is 13.6. The van der Waals surface area contributed by atoms with Gasteiger partial charge in [-0.05, 0) is 36.4 Å². The minimum absolute atomic E-state index is 0.0808. The Morgan fingerprint density at radius 1 is 0.680 bits per heavy atom. The maximum Gasteiger partial charge on any atom is 0.349 e. The molecule has 0 N–H and O–H groups in total. The Bertz CT molecular complexity index is 899. The van der Waals surface area contributed by atoms with Crippen LogP contribution < -0.4 is 4.74 Å². The highest BCUT2D eigenvalue weighted by Gasteiger charge is 2.19. The second-order valence-electron chi connectivity index (χ2n) is 5.21. The first-order valence-corrected chi connectivity index (χ1v) is 7.42. The van der Waals surface area contributed by atoms with Crippen LogP contribution in [0.3, 0.4) is 0 Å². The predicted octanol–water partition coefficient (Wildman–Crippen LogP) is 4.42. The number of hydrogen-bond donors (Lipinski definition) is 0. The standard InChI is InChI=1S/C20H12F2O3/c21-16-7-4-8-17(22)18(16)20(24)25-15-11-9-14(10-12-15)19(23)13-5-2-1-3-6-13/h1-12H. The van der Waals surface area contributed by atoms with E-state index < -0.39 is 23.2 Å². The molecule has 0 saturated heterocycles. The lowest BCUT2D eigenvalue weighted by Crippen LogP contribution is -2.13. The molecule has 0 saturated carbocycles. The van der Waals surface area contributed by atoms with Gasteiger partial charge in [-0.15, -0.1) is 0 Å². The summed E-state index contributed by atoms with van der Waals surface area (Å²) < 4.78 is 32.1. The summed E-state index contributed by atoms with van der Waals surface area (Å²) in [6.07, 6.45) is 0. The Kier molecular flexibility index (Phi) is 4.66. The van der Waals surface area contributed by atoms with Crippen LogP contribution in [0.25, 0.3) is 0 Å². The van der Waals surface area contributed by atoms with E-state index in [1.807, 2.05) is 0 Å². The van der Waals surface area contributed by atoms with Crippen LogP contribution in [0.5, 0.6) is 5.75 Å². The molecule has 0 heterocycles. The first kappa shape index (κ1) is 16.5. The lowest BCUT2D eigenvalue weighted by Gasteiger charge is -2.07. The Labute approximate surface area is 142 Å². The molecule has 0 unspecified atom stereocenters. The van der Waals surface area contributed by atoms with Gasteiger partial charge in [-0.1, -0.05) is 36.4 Å². The molecular formula is C20H12F2O3. The summed E-state index contributed by atoms with van der Waals surface area (Å²) in [4.78, 5) is 24.2. The van der Waals surface area contributed by atoms with Crippen molar-refractivity contribution in [1.29, 1.82) is 0 Å². The smallest absolute Gasteiger partial charge is 0.349 e. The molecule has 5 heteroatoms. The zero-order valence-corrected chi connectivity index (χ0v) is 12.9. The first-order chi connectivity index (χ1) is 12.1. The highest BCUT2D eigenvalue weighted by Crippen LogP contribution is 2.19. The molecule has 0 radical (unpaired) electrons. The highest BCUT2D eigenvalue weighted by atomic mass is 19.1. The molecule has 3 aromatic rings. The Hall–Kier alpha value is -3.34. The number of ketones is 1. The molecule has 0 aliphatic rings. The zero-order valence-electron chi connectivity index (χ0n) is 12.9. The molecule has 0 atom stereocenters. The fraction of sp³-hybridized carbons (Fsp3) is 0. The molecule has 124 valence electrons. The topological polar surface area (TPSA) is 43.4 Å². The summed E-state index contributed by atoms with van der Waals surface area (Å²) in [5.41, 5.74) is 0.177. The van der Waals surface area contributed by atoms with Gasteiger partial charge in [-0.25, -0.2) is 13.6 Å². The molecular weight excluding hydrogens is 326 g/mol. The van der Waals surface area contributed by atoms with E-state index in [1.54, 1.807) is 30.3 Å². The highest BCUT2D eigenvalue weighted by molar-refractivity contribution is 6.09. The molecule has 0 aliphatic heterocycles. The van der Waals surface area contributed by atoms with Gasteiger partial charge in [0.2, 0.25) is 0 Å². The number of carbonyl (C=O) groups is 2. The number of halogens is 2. The summed E-state index contributed by atoms with van der Waals surface area (Å²) in [6.45, 7) is 0. The van der Waals surface area contributed by atoms with Crippen LogP contribution in [-0.4, -0.2) is 11.8 Å². The Morgan fingerprint density at radius 3 is 1.84 bits per heavy atom. The van der Waals surface area contributed by atoms with Crippen LogP contribution in [0.2, 0.25) is 0 Å². The van der Waals surface area contributed by atoms with Crippen molar-refractivity contribution in [3.05, 3.63) is 101 Å². The van der Waals surface area contributed by atoms with E-state index in [2.05, 4.69) is 0 Å². The molecule has 25 heavy (non-hydrogen) atoms. The molecule has 3 rings (SSSR count). The fourth-order valence-electron chi connectivity index (χ4n) is 2.28. The van der Waals surface area contributed by atoms with Gasteiger partial charge in [0.15, 0.2) is 5.78 Å². The van der Waals surface area contributed by atoms with E-state index in [0.717, 1.165) is 18.2 Å². The number of esters is 1. The lowest BCUT2D eigenvalue weighted by molar-refractivity contribution is 0.0724. The summed E-state index contributed by atoms with van der Waals surface area (Å²) in [5, 5.41) is 0. The van der Waals surface area contributed by atoms with Gasteiger partial charge in [0.05, 0.1) is 0 Å².